The Hall–Kier alpha value is -0.610. The van der Waals surface area contributed by atoms with Crippen LogP contribution >= 0.6 is 0 Å². The maximum absolute atomic E-state index is 12.2. The molecule has 0 aliphatic carbocycles. The number of hydrogen-bond donors (Lipinski definition) is 0. The van der Waals surface area contributed by atoms with Crippen molar-refractivity contribution in [2.45, 2.75) is 32.7 Å². The summed E-state index contributed by atoms with van der Waals surface area (Å²) in [6, 6.07) is 0.484. The van der Waals surface area contributed by atoms with E-state index in [0.717, 1.165) is 39.3 Å². The molecule has 4 nitrogen and oxygen atoms in total. The van der Waals surface area contributed by atoms with Crippen molar-refractivity contribution < 1.29 is 9.53 Å². The molecule has 2 heterocycles. The molecule has 2 rings (SSSR count). The van der Waals surface area contributed by atoms with Crippen molar-refractivity contribution in [3.63, 3.8) is 0 Å². The van der Waals surface area contributed by atoms with Crippen LogP contribution in [-0.2, 0) is 9.53 Å². The van der Waals surface area contributed by atoms with Gasteiger partial charge in [-0.15, -0.1) is 0 Å². The van der Waals surface area contributed by atoms with Crippen LogP contribution in [0.5, 0.6) is 0 Å². The molecule has 0 aromatic carbocycles. The number of piperidine rings is 1. The summed E-state index contributed by atoms with van der Waals surface area (Å²) in [5.74, 6) is 1.37. The maximum Gasteiger partial charge on any atom is 0.222 e. The Labute approximate surface area is 110 Å². The van der Waals surface area contributed by atoms with Crippen molar-refractivity contribution in [1.82, 2.24) is 9.80 Å². The standard InChI is InChI=1S/C14H26N2O2/c1-11(2)8-14(17)16-5-4-12-10-18-7-6-15(3)13(12)9-16/h11-13H,4-10H2,1-3H3/t12-,13-/m1/s1. The Balaban J connectivity index is 1.96. The fourth-order valence-corrected chi connectivity index (χ4v) is 2.99. The highest BCUT2D eigenvalue weighted by Crippen LogP contribution is 2.24. The van der Waals surface area contributed by atoms with E-state index in [4.69, 9.17) is 4.74 Å². The number of likely N-dealkylation sites (tertiary alicyclic amines) is 1. The number of rotatable bonds is 2. The van der Waals surface area contributed by atoms with Crippen molar-refractivity contribution in [3.05, 3.63) is 0 Å². The third-order valence-electron chi connectivity index (χ3n) is 4.14. The van der Waals surface area contributed by atoms with Crippen LogP contribution in [0, 0.1) is 11.8 Å². The average molecular weight is 254 g/mol. The van der Waals surface area contributed by atoms with Crippen LogP contribution in [0.2, 0.25) is 0 Å². The smallest absolute Gasteiger partial charge is 0.222 e. The Kier molecular flexibility index (Phi) is 4.62. The van der Waals surface area contributed by atoms with E-state index in [1.165, 1.54) is 0 Å². The monoisotopic (exact) mass is 254 g/mol. The molecule has 18 heavy (non-hydrogen) atoms. The zero-order chi connectivity index (χ0) is 13.1. The molecule has 0 aromatic rings. The topological polar surface area (TPSA) is 32.8 Å². The zero-order valence-corrected chi connectivity index (χ0v) is 11.9. The summed E-state index contributed by atoms with van der Waals surface area (Å²) in [6.45, 7) is 8.67. The lowest BCUT2D eigenvalue weighted by molar-refractivity contribution is -0.135. The Bertz CT molecular complexity index is 294. The molecule has 0 radical (unpaired) electrons. The Morgan fingerprint density at radius 2 is 2.17 bits per heavy atom. The fourth-order valence-electron chi connectivity index (χ4n) is 2.99. The van der Waals surface area contributed by atoms with Crippen molar-refractivity contribution in [1.29, 1.82) is 0 Å². The van der Waals surface area contributed by atoms with Crippen LogP contribution in [0.4, 0.5) is 0 Å². The Morgan fingerprint density at radius 3 is 2.89 bits per heavy atom. The molecule has 2 atom stereocenters. The van der Waals surface area contributed by atoms with Gasteiger partial charge in [-0.1, -0.05) is 13.8 Å². The predicted octanol–water partition coefficient (Wildman–Crippen LogP) is 1.21. The highest BCUT2D eigenvalue weighted by atomic mass is 16.5. The van der Waals surface area contributed by atoms with Gasteiger partial charge in [-0.05, 0) is 19.4 Å². The molecule has 4 heteroatoms. The molecule has 2 aliphatic heterocycles. The van der Waals surface area contributed by atoms with Crippen LogP contribution in [0.1, 0.15) is 26.7 Å². The summed E-state index contributed by atoms with van der Waals surface area (Å²) < 4.78 is 5.65. The maximum atomic E-state index is 12.2. The quantitative estimate of drug-likeness (QED) is 0.742. The first-order valence-corrected chi connectivity index (χ1v) is 7.13. The van der Waals surface area contributed by atoms with E-state index in [1.807, 2.05) is 0 Å². The van der Waals surface area contributed by atoms with Gasteiger partial charge >= 0.3 is 0 Å². The Morgan fingerprint density at radius 1 is 1.39 bits per heavy atom. The molecule has 0 unspecified atom stereocenters. The van der Waals surface area contributed by atoms with Gasteiger partial charge in [0.05, 0.1) is 13.2 Å². The van der Waals surface area contributed by atoms with E-state index in [1.54, 1.807) is 0 Å². The lowest BCUT2D eigenvalue weighted by atomic mass is 9.91. The SMILES string of the molecule is CC(C)CC(=O)N1CC[C@@H]2COCCN(C)[C@@H]2C1. The number of amides is 1. The molecule has 0 N–H and O–H groups in total. The van der Waals surface area contributed by atoms with Gasteiger partial charge in [0, 0.05) is 38.0 Å². The summed E-state index contributed by atoms with van der Waals surface area (Å²) in [5.41, 5.74) is 0. The number of carbonyl (C=O) groups is 1. The number of hydrogen-bond acceptors (Lipinski definition) is 3. The minimum Gasteiger partial charge on any atom is -0.380 e. The second kappa shape index (κ2) is 6.02. The molecule has 0 bridgehead atoms. The predicted molar refractivity (Wildman–Crippen MR) is 71.4 cm³/mol. The summed E-state index contributed by atoms with van der Waals surface area (Å²) >= 11 is 0. The van der Waals surface area contributed by atoms with Crippen molar-refractivity contribution in [3.8, 4) is 0 Å². The average Bonchev–Trinajstić information content (AvgIpc) is 2.50. The molecular formula is C14H26N2O2. The summed E-state index contributed by atoms with van der Waals surface area (Å²) in [7, 11) is 2.16. The first kappa shape index (κ1) is 13.8. The van der Waals surface area contributed by atoms with Gasteiger partial charge in [0.25, 0.3) is 0 Å². The van der Waals surface area contributed by atoms with Gasteiger partial charge in [0.2, 0.25) is 5.91 Å². The van der Waals surface area contributed by atoms with E-state index in [0.29, 0.717) is 30.2 Å². The molecule has 0 aromatic heterocycles. The number of carbonyl (C=O) groups excluding carboxylic acids is 1. The molecule has 0 spiro atoms. The number of fused-ring (bicyclic) bond motifs is 1. The highest BCUT2D eigenvalue weighted by Gasteiger charge is 2.35. The van der Waals surface area contributed by atoms with Gasteiger partial charge in [0.1, 0.15) is 0 Å². The molecule has 104 valence electrons. The summed E-state index contributed by atoms with van der Waals surface area (Å²) in [6.07, 6.45) is 1.76. The van der Waals surface area contributed by atoms with Crippen LogP contribution in [-0.4, -0.2) is 61.6 Å². The van der Waals surface area contributed by atoms with Gasteiger partial charge in [-0.2, -0.15) is 0 Å². The molecule has 0 saturated carbocycles. The van der Waals surface area contributed by atoms with Crippen molar-refractivity contribution in [2.75, 3.05) is 39.9 Å². The lowest BCUT2D eigenvalue weighted by Gasteiger charge is -2.41. The van der Waals surface area contributed by atoms with Crippen LogP contribution < -0.4 is 0 Å². The van der Waals surface area contributed by atoms with Crippen molar-refractivity contribution >= 4 is 5.91 Å². The number of nitrogens with zero attached hydrogens (tertiary/aromatic N) is 2. The third kappa shape index (κ3) is 3.23. The van der Waals surface area contributed by atoms with E-state index < -0.39 is 0 Å². The van der Waals surface area contributed by atoms with Crippen LogP contribution in [0.25, 0.3) is 0 Å². The first-order valence-electron chi connectivity index (χ1n) is 7.13. The van der Waals surface area contributed by atoms with Gasteiger partial charge in [-0.25, -0.2) is 0 Å². The number of likely N-dealkylation sites (N-methyl/N-ethyl adjacent to an activating group) is 1. The van der Waals surface area contributed by atoms with E-state index >= 15 is 0 Å². The molecule has 2 fully saturated rings. The zero-order valence-electron chi connectivity index (χ0n) is 11.9. The lowest BCUT2D eigenvalue weighted by Crippen LogP contribution is -2.53. The molecular weight excluding hydrogens is 228 g/mol. The normalized spacial score (nSPS) is 30.1. The highest BCUT2D eigenvalue weighted by molar-refractivity contribution is 5.76. The molecule has 2 saturated heterocycles. The van der Waals surface area contributed by atoms with Crippen LogP contribution in [0.3, 0.4) is 0 Å². The summed E-state index contributed by atoms with van der Waals surface area (Å²) in [5, 5.41) is 0. The van der Waals surface area contributed by atoms with E-state index in [-0.39, 0.29) is 0 Å². The fraction of sp³-hybridized carbons (Fsp3) is 0.929. The minimum absolute atomic E-state index is 0.321. The minimum atomic E-state index is 0.321. The second-order valence-corrected chi connectivity index (χ2v) is 6.11. The number of ether oxygens (including phenoxy) is 1. The second-order valence-electron chi connectivity index (χ2n) is 6.11. The molecule has 2 aliphatic rings. The van der Waals surface area contributed by atoms with Crippen LogP contribution in [0.15, 0.2) is 0 Å². The van der Waals surface area contributed by atoms with Gasteiger partial charge in [-0.3, -0.25) is 9.69 Å². The third-order valence-corrected chi connectivity index (χ3v) is 4.14. The largest absolute Gasteiger partial charge is 0.380 e. The first-order chi connectivity index (χ1) is 8.58. The van der Waals surface area contributed by atoms with Gasteiger partial charge < -0.3 is 9.64 Å². The van der Waals surface area contributed by atoms with Crippen molar-refractivity contribution in [2.24, 2.45) is 11.8 Å². The molecule has 1 amide bonds. The summed E-state index contributed by atoms with van der Waals surface area (Å²) in [4.78, 5) is 16.6. The van der Waals surface area contributed by atoms with Gasteiger partial charge in [0.15, 0.2) is 0 Å². The van der Waals surface area contributed by atoms with E-state index in [9.17, 15) is 4.79 Å². The van der Waals surface area contributed by atoms with E-state index in [2.05, 4.69) is 30.7 Å².